The Bertz CT molecular complexity index is 761. The van der Waals surface area contributed by atoms with Gasteiger partial charge < -0.3 is 19.5 Å². The molecule has 2 aromatic carbocycles. The van der Waals surface area contributed by atoms with Gasteiger partial charge in [0, 0.05) is 5.56 Å². The van der Waals surface area contributed by atoms with Crippen molar-refractivity contribution in [1.82, 2.24) is 0 Å². The monoisotopic (exact) mass is 363 g/mol. The first-order chi connectivity index (χ1) is 12.0. The average Bonchev–Trinajstić information content (AvgIpc) is 2.60. The number of ether oxygens (including phenoxy) is 3. The fraction of sp³-hybridized carbons (Fsp3) is 0.316. The molecule has 0 bridgehead atoms. The van der Waals surface area contributed by atoms with Gasteiger partial charge in [0.15, 0.2) is 11.5 Å². The van der Waals surface area contributed by atoms with Crippen LogP contribution in [0.5, 0.6) is 17.2 Å². The summed E-state index contributed by atoms with van der Waals surface area (Å²) in [4.78, 5) is 12.6. The summed E-state index contributed by atoms with van der Waals surface area (Å²) in [5.74, 6) is 1.12. The Balaban J connectivity index is 2.29. The molecule has 0 saturated carbocycles. The van der Waals surface area contributed by atoms with Gasteiger partial charge in [-0.3, -0.25) is 4.79 Å². The van der Waals surface area contributed by atoms with Gasteiger partial charge >= 0.3 is 0 Å². The van der Waals surface area contributed by atoms with E-state index < -0.39 is 0 Å². The maximum absolute atomic E-state index is 12.6. The van der Waals surface area contributed by atoms with Crippen LogP contribution in [0.1, 0.15) is 29.3 Å². The van der Waals surface area contributed by atoms with Crippen molar-refractivity contribution in [3.8, 4) is 17.2 Å². The van der Waals surface area contributed by atoms with Crippen LogP contribution >= 0.6 is 11.6 Å². The molecule has 134 valence electrons. The second-order valence-electron chi connectivity index (χ2n) is 5.50. The van der Waals surface area contributed by atoms with Crippen LogP contribution in [0.3, 0.4) is 0 Å². The van der Waals surface area contributed by atoms with Gasteiger partial charge in [0.2, 0.25) is 0 Å². The van der Waals surface area contributed by atoms with E-state index in [0.29, 0.717) is 40.1 Å². The molecule has 0 unspecified atom stereocenters. The molecule has 0 fully saturated rings. The molecule has 0 saturated heterocycles. The number of halogens is 1. The molecule has 0 aliphatic heterocycles. The molecule has 0 atom stereocenters. The third-order valence-corrected chi connectivity index (χ3v) is 3.82. The number of carbonyl (C=O) groups excluding carboxylic acids is 1. The Morgan fingerprint density at radius 3 is 2.52 bits per heavy atom. The molecule has 6 heteroatoms. The van der Waals surface area contributed by atoms with E-state index in [1.807, 2.05) is 32.0 Å². The van der Waals surface area contributed by atoms with Gasteiger partial charge in [-0.05, 0) is 43.2 Å². The van der Waals surface area contributed by atoms with Gasteiger partial charge in [-0.25, -0.2) is 0 Å². The van der Waals surface area contributed by atoms with Gasteiger partial charge in [0.05, 0.1) is 31.5 Å². The summed E-state index contributed by atoms with van der Waals surface area (Å²) in [6.45, 7) is 4.58. The van der Waals surface area contributed by atoms with Crippen molar-refractivity contribution in [2.75, 3.05) is 26.1 Å². The van der Waals surface area contributed by atoms with Crippen LogP contribution in [0, 0.1) is 6.92 Å². The summed E-state index contributed by atoms with van der Waals surface area (Å²) >= 11 is 6.17. The van der Waals surface area contributed by atoms with Gasteiger partial charge in [-0.2, -0.15) is 0 Å². The lowest BCUT2D eigenvalue weighted by molar-refractivity contribution is 0.102. The minimum Gasteiger partial charge on any atom is -0.493 e. The number of amides is 1. The second kappa shape index (κ2) is 8.62. The van der Waals surface area contributed by atoms with Crippen LogP contribution in [0.2, 0.25) is 5.02 Å². The van der Waals surface area contributed by atoms with Crippen LogP contribution in [0.4, 0.5) is 5.69 Å². The van der Waals surface area contributed by atoms with Crippen molar-refractivity contribution in [1.29, 1.82) is 0 Å². The van der Waals surface area contributed by atoms with E-state index in [0.717, 1.165) is 12.0 Å². The number of hydrogen-bond acceptors (Lipinski definition) is 4. The molecule has 2 aromatic rings. The standard InChI is InChI=1S/C19H22ClNO4/c1-5-8-25-16-9-12(2)6-7-15(16)21-19(22)13-10-14(20)18(24-4)17(11-13)23-3/h6-7,9-11H,5,8H2,1-4H3,(H,21,22). The predicted molar refractivity (Wildman–Crippen MR) is 99.5 cm³/mol. The van der Waals surface area contributed by atoms with Crippen LogP contribution < -0.4 is 19.5 Å². The van der Waals surface area contributed by atoms with E-state index in [4.69, 9.17) is 25.8 Å². The molecule has 0 spiro atoms. The number of aryl methyl sites for hydroxylation is 1. The van der Waals surface area contributed by atoms with E-state index >= 15 is 0 Å². The van der Waals surface area contributed by atoms with Crippen molar-refractivity contribution >= 4 is 23.2 Å². The first kappa shape index (κ1) is 18.9. The zero-order chi connectivity index (χ0) is 18.4. The maximum atomic E-state index is 12.6. The molecule has 0 aromatic heterocycles. The molecule has 0 radical (unpaired) electrons. The molecule has 25 heavy (non-hydrogen) atoms. The quantitative estimate of drug-likeness (QED) is 0.774. The molecule has 0 aliphatic rings. The zero-order valence-electron chi connectivity index (χ0n) is 14.8. The molecule has 0 aliphatic carbocycles. The molecule has 5 nitrogen and oxygen atoms in total. The van der Waals surface area contributed by atoms with Crippen molar-refractivity contribution in [2.24, 2.45) is 0 Å². The highest BCUT2D eigenvalue weighted by Gasteiger charge is 2.16. The highest BCUT2D eigenvalue weighted by atomic mass is 35.5. The second-order valence-corrected chi connectivity index (χ2v) is 5.90. The smallest absolute Gasteiger partial charge is 0.255 e. The third-order valence-electron chi connectivity index (χ3n) is 3.54. The summed E-state index contributed by atoms with van der Waals surface area (Å²) in [6.07, 6.45) is 0.882. The lowest BCUT2D eigenvalue weighted by atomic mass is 10.1. The van der Waals surface area contributed by atoms with Crippen molar-refractivity contribution < 1.29 is 19.0 Å². The van der Waals surface area contributed by atoms with E-state index in [2.05, 4.69) is 5.32 Å². The van der Waals surface area contributed by atoms with Gasteiger partial charge in [0.1, 0.15) is 5.75 Å². The summed E-state index contributed by atoms with van der Waals surface area (Å²) in [5, 5.41) is 3.16. The van der Waals surface area contributed by atoms with Gasteiger partial charge in [0.25, 0.3) is 5.91 Å². The lowest BCUT2D eigenvalue weighted by Gasteiger charge is -2.14. The fourth-order valence-electron chi connectivity index (χ4n) is 2.31. The van der Waals surface area contributed by atoms with E-state index in [-0.39, 0.29) is 5.91 Å². The Labute approximate surface area is 152 Å². The normalized spacial score (nSPS) is 10.3. The number of nitrogens with one attached hydrogen (secondary N) is 1. The van der Waals surface area contributed by atoms with E-state index in [1.165, 1.54) is 14.2 Å². The summed E-state index contributed by atoms with van der Waals surface area (Å²) in [7, 11) is 2.99. The fourth-order valence-corrected chi connectivity index (χ4v) is 2.60. The van der Waals surface area contributed by atoms with Crippen LogP contribution in [0.25, 0.3) is 0 Å². The molecule has 1 N–H and O–H groups in total. The van der Waals surface area contributed by atoms with Crippen LogP contribution in [-0.4, -0.2) is 26.7 Å². The lowest BCUT2D eigenvalue weighted by Crippen LogP contribution is -2.13. The zero-order valence-corrected chi connectivity index (χ0v) is 15.6. The number of methoxy groups -OCH3 is 2. The van der Waals surface area contributed by atoms with Crippen molar-refractivity contribution in [3.05, 3.63) is 46.5 Å². The molecule has 1 amide bonds. The highest BCUT2D eigenvalue weighted by molar-refractivity contribution is 6.32. The minimum atomic E-state index is -0.312. The van der Waals surface area contributed by atoms with Crippen molar-refractivity contribution in [3.63, 3.8) is 0 Å². The number of carbonyl (C=O) groups is 1. The number of rotatable bonds is 7. The number of benzene rings is 2. The first-order valence-corrected chi connectivity index (χ1v) is 8.34. The molecule has 0 heterocycles. The maximum Gasteiger partial charge on any atom is 0.255 e. The van der Waals surface area contributed by atoms with Crippen LogP contribution in [-0.2, 0) is 0 Å². The molecular formula is C19H22ClNO4. The van der Waals surface area contributed by atoms with E-state index in [9.17, 15) is 4.79 Å². The third kappa shape index (κ3) is 4.57. The summed E-state index contributed by atoms with van der Waals surface area (Å²) in [6, 6.07) is 8.75. The topological polar surface area (TPSA) is 56.8 Å². The Hall–Kier alpha value is -2.40. The summed E-state index contributed by atoms with van der Waals surface area (Å²) in [5.41, 5.74) is 2.03. The number of anilines is 1. The Morgan fingerprint density at radius 2 is 1.88 bits per heavy atom. The largest absolute Gasteiger partial charge is 0.493 e. The Kier molecular flexibility index (Phi) is 6.53. The summed E-state index contributed by atoms with van der Waals surface area (Å²) < 4.78 is 16.1. The Morgan fingerprint density at radius 1 is 1.12 bits per heavy atom. The molecular weight excluding hydrogens is 342 g/mol. The highest BCUT2D eigenvalue weighted by Crippen LogP contribution is 2.36. The average molecular weight is 364 g/mol. The van der Waals surface area contributed by atoms with Gasteiger partial charge in [-0.1, -0.05) is 24.6 Å². The SMILES string of the molecule is CCCOc1cc(C)ccc1NC(=O)c1cc(Cl)c(OC)c(OC)c1. The van der Waals surface area contributed by atoms with Gasteiger partial charge in [-0.15, -0.1) is 0 Å². The van der Waals surface area contributed by atoms with Crippen molar-refractivity contribution in [2.45, 2.75) is 20.3 Å². The predicted octanol–water partition coefficient (Wildman–Crippen LogP) is 4.71. The number of hydrogen-bond donors (Lipinski definition) is 1. The van der Waals surface area contributed by atoms with Crippen LogP contribution in [0.15, 0.2) is 30.3 Å². The molecule has 2 rings (SSSR count). The minimum absolute atomic E-state index is 0.304. The first-order valence-electron chi connectivity index (χ1n) is 7.96. The van der Waals surface area contributed by atoms with E-state index in [1.54, 1.807) is 12.1 Å².